The summed E-state index contributed by atoms with van der Waals surface area (Å²) in [4.78, 5) is 11.5. The SMILES string of the molecule is O=C(N1CCCCC1)C(F)(F)C(F)(F)F. The van der Waals surface area contributed by atoms with Crippen LogP contribution in [0.25, 0.3) is 0 Å². The van der Waals surface area contributed by atoms with Crippen LogP contribution in [-0.2, 0) is 4.79 Å². The van der Waals surface area contributed by atoms with E-state index in [1.54, 1.807) is 0 Å². The van der Waals surface area contributed by atoms with Crippen molar-refractivity contribution in [2.24, 2.45) is 0 Å². The first-order valence-corrected chi connectivity index (χ1v) is 4.51. The molecule has 1 fully saturated rings. The van der Waals surface area contributed by atoms with Gasteiger partial charge in [0.1, 0.15) is 0 Å². The van der Waals surface area contributed by atoms with Crippen molar-refractivity contribution in [2.75, 3.05) is 13.1 Å². The molecule has 7 heteroatoms. The Morgan fingerprint density at radius 3 is 1.80 bits per heavy atom. The summed E-state index contributed by atoms with van der Waals surface area (Å²) in [6, 6.07) is 0. The number of hydrogen-bond acceptors (Lipinski definition) is 1. The number of alkyl halides is 5. The number of piperidine rings is 1. The van der Waals surface area contributed by atoms with Crippen LogP contribution in [-0.4, -0.2) is 36.0 Å². The maximum absolute atomic E-state index is 12.6. The molecule has 0 unspecified atom stereocenters. The Balaban J connectivity index is 2.74. The molecule has 1 saturated heterocycles. The van der Waals surface area contributed by atoms with Gasteiger partial charge in [0.25, 0.3) is 0 Å². The number of hydrogen-bond donors (Lipinski definition) is 0. The lowest BCUT2D eigenvalue weighted by Gasteiger charge is -2.30. The van der Waals surface area contributed by atoms with Crippen LogP contribution < -0.4 is 0 Å². The van der Waals surface area contributed by atoms with Crippen LogP contribution in [0.1, 0.15) is 19.3 Å². The summed E-state index contributed by atoms with van der Waals surface area (Å²) in [6.45, 7) is -0.0466. The van der Waals surface area contributed by atoms with E-state index in [-0.39, 0.29) is 13.1 Å². The molecular formula is C8H10F5NO. The molecule has 1 rings (SSSR count). The van der Waals surface area contributed by atoms with Crippen LogP contribution in [0.4, 0.5) is 22.0 Å². The Bertz CT molecular complexity index is 244. The Morgan fingerprint density at radius 2 is 1.40 bits per heavy atom. The molecule has 0 aromatic carbocycles. The summed E-state index contributed by atoms with van der Waals surface area (Å²) in [6.07, 6.45) is -4.11. The number of nitrogens with zero attached hydrogens (tertiary/aromatic N) is 1. The summed E-state index contributed by atoms with van der Waals surface area (Å²) in [5.74, 6) is -7.39. The van der Waals surface area contributed by atoms with Gasteiger partial charge in [-0.25, -0.2) is 0 Å². The highest BCUT2D eigenvalue weighted by Gasteiger charge is 2.64. The Kier molecular flexibility index (Phi) is 3.20. The van der Waals surface area contributed by atoms with E-state index >= 15 is 0 Å². The van der Waals surface area contributed by atoms with Crippen molar-refractivity contribution < 1.29 is 26.7 Å². The summed E-state index contributed by atoms with van der Waals surface area (Å²) >= 11 is 0. The summed E-state index contributed by atoms with van der Waals surface area (Å²) in [5, 5.41) is 0. The molecule has 15 heavy (non-hydrogen) atoms. The van der Waals surface area contributed by atoms with Crippen LogP contribution in [0.5, 0.6) is 0 Å². The van der Waals surface area contributed by atoms with Crippen molar-refractivity contribution in [1.82, 2.24) is 4.90 Å². The van der Waals surface area contributed by atoms with Crippen LogP contribution in [0, 0.1) is 0 Å². The Morgan fingerprint density at radius 1 is 0.933 bits per heavy atom. The second-order valence-electron chi connectivity index (χ2n) is 3.43. The molecule has 0 aromatic heterocycles. The van der Waals surface area contributed by atoms with Gasteiger partial charge in [0.05, 0.1) is 0 Å². The quantitative estimate of drug-likeness (QED) is 0.633. The third kappa shape index (κ3) is 2.38. The van der Waals surface area contributed by atoms with Gasteiger partial charge < -0.3 is 4.90 Å². The first-order chi connectivity index (χ1) is 6.77. The average molecular weight is 231 g/mol. The molecule has 1 aliphatic rings. The van der Waals surface area contributed by atoms with Gasteiger partial charge in [-0.15, -0.1) is 0 Å². The highest BCUT2D eigenvalue weighted by Crippen LogP contribution is 2.37. The molecule has 88 valence electrons. The predicted molar refractivity (Wildman–Crippen MR) is 41.4 cm³/mol. The van der Waals surface area contributed by atoms with Crippen LogP contribution >= 0.6 is 0 Å². The standard InChI is InChI=1S/C8H10F5NO/c9-7(10,8(11,12)13)6(15)14-4-2-1-3-5-14/h1-5H2. The average Bonchev–Trinajstić information content (AvgIpc) is 2.16. The minimum absolute atomic E-state index is 0.0233. The number of likely N-dealkylation sites (tertiary alicyclic amines) is 1. The van der Waals surface area contributed by atoms with Gasteiger partial charge in [-0.3, -0.25) is 4.79 Å². The van der Waals surface area contributed by atoms with Gasteiger partial charge in [-0.1, -0.05) is 0 Å². The second kappa shape index (κ2) is 3.94. The van der Waals surface area contributed by atoms with Gasteiger partial charge >= 0.3 is 18.0 Å². The molecule has 0 N–H and O–H groups in total. The molecule has 1 amide bonds. The lowest BCUT2D eigenvalue weighted by atomic mass is 10.1. The number of amides is 1. The van der Waals surface area contributed by atoms with Gasteiger partial charge in [0.15, 0.2) is 0 Å². The molecule has 2 nitrogen and oxygen atoms in total. The maximum Gasteiger partial charge on any atom is 0.463 e. The first kappa shape index (κ1) is 12.2. The van der Waals surface area contributed by atoms with Crippen molar-refractivity contribution in [3.05, 3.63) is 0 Å². The van der Waals surface area contributed by atoms with E-state index in [1.807, 2.05) is 0 Å². The second-order valence-corrected chi connectivity index (χ2v) is 3.43. The van der Waals surface area contributed by atoms with E-state index in [1.165, 1.54) is 0 Å². The maximum atomic E-state index is 12.6. The van der Waals surface area contributed by atoms with E-state index < -0.39 is 18.0 Å². The first-order valence-electron chi connectivity index (χ1n) is 4.51. The van der Waals surface area contributed by atoms with Crippen LogP contribution in [0.3, 0.4) is 0 Å². The zero-order chi connectivity index (χ0) is 11.7. The summed E-state index contributed by atoms with van der Waals surface area (Å²) in [5.41, 5.74) is 0. The summed E-state index contributed by atoms with van der Waals surface area (Å²) < 4.78 is 60.7. The van der Waals surface area contributed by atoms with Crippen molar-refractivity contribution >= 4 is 5.91 Å². The highest BCUT2D eigenvalue weighted by molar-refractivity contribution is 5.84. The minimum atomic E-state index is -5.80. The zero-order valence-electron chi connectivity index (χ0n) is 7.78. The molecule has 0 bridgehead atoms. The molecule has 0 spiro atoms. The molecule has 0 saturated carbocycles. The van der Waals surface area contributed by atoms with E-state index in [2.05, 4.69) is 0 Å². The number of carbonyl (C=O) groups excluding carboxylic acids is 1. The van der Waals surface area contributed by atoms with Gasteiger partial charge in [-0.2, -0.15) is 22.0 Å². The van der Waals surface area contributed by atoms with E-state index in [4.69, 9.17) is 0 Å². The van der Waals surface area contributed by atoms with Crippen molar-refractivity contribution in [1.29, 1.82) is 0 Å². The molecular weight excluding hydrogens is 221 g/mol. The fourth-order valence-electron chi connectivity index (χ4n) is 1.42. The fraction of sp³-hybridized carbons (Fsp3) is 0.875. The van der Waals surface area contributed by atoms with Gasteiger partial charge in [0.2, 0.25) is 0 Å². The van der Waals surface area contributed by atoms with E-state index in [9.17, 15) is 26.7 Å². The smallest absolute Gasteiger partial charge is 0.337 e. The number of halogens is 5. The fourth-order valence-corrected chi connectivity index (χ4v) is 1.42. The third-order valence-corrected chi connectivity index (χ3v) is 2.27. The van der Waals surface area contributed by atoms with Gasteiger partial charge in [0, 0.05) is 13.1 Å². The molecule has 0 radical (unpaired) electrons. The zero-order valence-corrected chi connectivity index (χ0v) is 7.78. The number of rotatable bonds is 1. The highest BCUT2D eigenvalue weighted by atomic mass is 19.4. The minimum Gasteiger partial charge on any atom is -0.337 e. The van der Waals surface area contributed by atoms with Crippen LogP contribution in [0.15, 0.2) is 0 Å². The largest absolute Gasteiger partial charge is 0.463 e. The molecule has 1 heterocycles. The molecule has 0 aliphatic carbocycles. The molecule has 1 aliphatic heterocycles. The third-order valence-electron chi connectivity index (χ3n) is 2.27. The monoisotopic (exact) mass is 231 g/mol. The Labute approximate surface area is 83.0 Å². The topological polar surface area (TPSA) is 20.3 Å². The normalized spacial score (nSPS) is 19.1. The number of carbonyl (C=O) groups is 1. The lowest BCUT2D eigenvalue weighted by molar-refractivity contribution is -0.274. The Hall–Kier alpha value is -0.880. The summed E-state index contributed by atoms with van der Waals surface area (Å²) in [7, 11) is 0. The van der Waals surface area contributed by atoms with Crippen LogP contribution in [0.2, 0.25) is 0 Å². The van der Waals surface area contributed by atoms with Crippen molar-refractivity contribution in [3.63, 3.8) is 0 Å². The van der Waals surface area contributed by atoms with E-state index in [0.29, 0.717) is 17.7 Å². The van der Waals surface area contributed by atoms with E-state index in [0.717, 1.165) is 6.42 Å². The molecule has 0 atom stereocenters. The van der Waals surface area contributed by atoms with Crippen molar-refractivity contribution in [3.8, 4) is 0 Å². The lowest BCUT2D eigenvalue weighted by Crippen LogP contribution is -2.53. The van der Waals surface area contributed by atoms with Gasteiger partial charge in [-0.05, 0) is 19.3 Å². The molecule has 0 aromatic rings. The van der Waals surface area contributed by atoms with Crippen molar-refractivity contribution in [2.45, 2.75) is 31.4 Å². The predicted octanol–water partition coefficient (Wildman–Crippen LogP) is 2.20.